The Balaban J connectivity index is 1.73. The van der Waals surface area contributed by atoms with Crippen molar-refractivity contribution in [2.24, 2.45) is 0 Å². The summed E-state index contributed by atoms with van der Waals surface area (Å²) >= 11 is 0. The van der Waals surface area contributed by atoms with E-state index in [0.29, 0.717) is 5.56 Å². The van der Waals surface area contributed by atoms with Crippen LogP contribution in [0.4, 0.5) is 0 Å². The molecule has 0 N–H and O–H groups in total. The molecule has 6 heteroatoms. The van der Waals surface area contributed by atoms with E-state index in [1.54, 1.807) is 24.3 Å². The largest absolute Gasteiger partial charge is 0.457 e. The van der Waals surface area contributed by atoms with E-state index in [0.717, 1.165) is 10.5 Å². The lowest BCUT2D eigenvalue weighted by atomic mass is 10.1. The van der Waals surface area contributed by atoms with Crippen molar-refractivity contribution in [2.75, 3.05) is 6.54 Å². The molecule has 0 unspecified atom stereocenters. The molecule has 2 aromatic carbocycles. The Hall–Kier alpha value is -3.72. The number of esters is 1. The van der Waals surface area contributed by atoms with Gasteiger partial charge in [0.2, 0.25) is 0 Å². The lowest BCUT2D eigenvalue weighted by Crippen LogP contribution is -2.29. The molecular weight excluding hydrogens is 332 g/mol. The summed E-state index contributed by atoms with van der Waals surface area (Å²) in [5, 5.41) is 8.77. The third-order valence-electron chi connectivity index (χ3n) is 3.97. The molecule has 2 amide bonds. The standard InChI is InChI=1S/C20H14N2O4/c1-2-9-22-18(23)16-8-7-15(10-17(16)19(22)24)20(25)26-12-14-5-3-13(11-21)4-6-14/h2-8,10H,1,9,12H2. The van der Waals surface area contributed by atoms with Crippen molar-refractivity contribution in [3.05, 3.63) is 82.9 Å². The van der Waals surface area contributed by atoms with Gasteiger partial charge >= 0.3 is 5.97 Å². The number of hydrogen-bond acceptors (Lipinski definition) is 5. The van der Waals surface area contributed by atoms with Crippen LogP contribution in [-0.4, -0.2) is 29.2 Å². The van der Waals surface area contributed by atoms with E-state index >= 15 is 0 Å². The maximum absolute atomic E-state index is 12.3. The highest BCUT2D eigenvalue weighted by molar-refractivity contribution is 6.22. The van der Waals surface area contributed by atoms with E-state index < -0.39 is 17.8 Å². The van der Waals surface area contributed by atoms with Gasteiger partial charge in [0.25, 0.3) is 11.8 Å². The minimum atomic E-state index is -0.598. The Morgan fingerprint density at radius 3 is 2.46 bits per heavy atom. The summed E-state index contributed by atoms with van der Waals surface area (Å²) in [6.07, 6.45) is 1.47. The molecule has 0 saturated heterocycles. The molecule has 0 fully saturated rings. The number of hydrogen-bond donors (Lipinski definition) is 0. The highest BCUT2D eigenvalue weighted by Crippen LogP contribution is 2.24. The molecule has 0 spiro atoms. The first kappa shape index (κ1) is 17.1. The second-order valence-corrected chi connectivity index (χ2v) is 5.65. The molecule has 3 rings (SSSR count). The number of imide groups is 1. The molecule has 6 nitrogen and oxygen atoms in total. The molecule has 1 aliphatic rings. The highest BCUT2D eigenvalue weighted by Gasteiger charge is 2.35. The van der Waals surface area contributed by atoms with Crippen molar-refractivity contribution in [3.8, 4) is 6.07 Å². The number of fused-ring (bicyclic) bond motifs is 1. The Bertz CT molecular complexity index is 955. The Morgan fingerprint density at radius 2 is 1.81 bits per heavy atom. The van der Waals surface area contributed by atoms with Crippen LogP contribution in [0, 0.1) is 11.3 Å². The number of nitriles is 1. The zero-order valence-corrected chi connectivity index (χ0v) is 13.8. The van der Waals surface area contributed by atoms with Crippen LogP contribution in [0.1, 0.15) is 42.2 Å². The van der Waals surface area contributed by atoms with E-state index in [2.05, 4.69) is 6.58 Å². The number of nitrogens with zero attached hydrogens (tertiary/aromatic N) is 2. The van der Waals surface area contributed by atoms with Crippen LogP contribution in [-0.2, 0) is 11.3 Å². The van der Waals surface area contributed by atoms with Crippen LogP contribution in [0.2, 0.25) is 0 Å². The van der Waals surface area contributed by atoms with Crippen LogP contribution in [0.5, 0.6) is 0 Å². The van der Waals surface area contributed by atoms with Crippen molar-refractivity contribution in [1.82, 2.24) is 4.90 Å². The average Bonchev–Trinajstić information content (AvgIpc) is 2.91. The second-order valence-electron chi connectivity index (χ2n) is 5.65. The summed E-state index contributed by atoms with van der Waals surface area (Å²) in [7, 11) is 0. The van der Waals surface area contributed by atoms with Gasteiger partial charge in [-0.1, -0.05) is 18.2 Å². The smallest absolute Gasteiger partial charge is 0.338 e. The van der Waals surface area contributed by atoms with Gasteiger partial charge in [0.05, 0.1) is 28.3 Å². The van der Waals surface area contributed by atoms with Gasteiger partial charge in [-0.05, 0) is 35.9 Å². The van der Waals surface area contributed by atoms with Crippen LogP contribution in [0.15, 0.2) is 55.1 Å². The zero-order chi connectivity index (χ0) is 18.7. The minimum Gasteiger partial charge on any atom is -0.457 e. The molecule has 0 saturated carbocycles. The fourth-order valence-electron chi connectivity index (χ4n) is 2.62. The number of carbonyl (C=O) groups is 3. The van der Waals surface area contributed by atoms with E-state index in [1.165, 1.54) is 24.3 Å². The third-order valence-corrected chi connectivity index (χ3v) is 3.97. The molecular formula is C20H14N2O4. The summed E-state index contributed by atoms with van der Waals surface area (Å²) in [6.45, 7) is 3.68. The highest BCUT2D eigenvalue weighted by atomic mass is 16.5. The first-order valence-electron chi connectivity index (χ1n) is 7.82. The van der Waals surface area contributed by atoms with Gasteiger partial charge in [-0.2, -0.15) is 5.26 Å². The fraction of sp³-hybridized carbons (Fsp3) is 0.100. The summed E-state index contributed by atoms with van der Waals surface area (Å²) in [5.74, 6) is -1.45. The quantitative estimate of drug-likeness (QED) is 0.472. The lowest BCUT2D eigenvalue weighted by molar-refractivity contribution is 0.0472. The monoisotopic (exact) mass is 346 g/mol. The van der Waals surface area contributed by atoms with Gasteiger partial charge in [-0.25, -0.2) is 4.79 Å². The maximum Gasteiger partial charge on any atom is 0.338 e. The second kappa shape index (κ2) is 7.03. The minimum absolute atomic E-state index is 0.0388. The van der Waals surface area contributed by atoms with Crippen LogP contribution < -0.4 is 0 Å². The predicted molar refractivity (Wildman–Crippen MR) is 92.3 cm³/mol. The van der Waals surface area contributed by atoms with Crippen LogP contribution >= 0.6 is 0 Å². The molecule has 0 bridgehead atoms. The molecule has 1 aliphatic heterocycles. The molecule has 0 aliphatic carbocycles. The van der Waals surface area contributed by atoms with Gasteiger partial charge in [0.1, 0.15) is 6.61 Å². The summed E-state index contributed by atoms with van der Waals surface area (Å²) in [6, 6.07) is 13.0. The molecule has 0 atom stereocenters. The van der Waals surface area contributed by atoms with Crippen LogP contribution in [0.25, 0.3) is 0 Å². The molecule has 128 valence electrons. The van der Waals surface area contributed by atoms with Crippen molar-refractivity contribution >= 4 is 17.8 Å². The lowest BCUT2D eigenvalue weighted by Gasteiger charge is -2.09. The maximum atomic E-state index is 12.3. The Kier molecular flexibility index (Phi) is 4.63. The number of amides is 2. The average molecular weight is 346 g/mol. The molecule has 26 heavy (non-hydrogen) atoms. The van der Waals surface area contributed by atoms with Gasteiger partial charge in [0, 0.05) is 6.54 Å². The number of ether oxygens (including phenoxy) is 1. The van der Waals surface area contributed by atoms with Gasteiger partial charge in [-0.15, -0.1) is 6.58 Å². The van der Waals surface area contributed by atoms with Gasteiger partial charge in [-0.3, -0.25) is 14.5 Å². The van der Waals surface area contributed by atoms with Crippen molar-refractivity contribution in [1.29, 1.82) is 5.26 Å². The molecule has 0 aromatic heterocycles. The molecule has 0 radical (unpaired) electrons. The number of rotatable bonds is 5. The van der Waals surface area contributed by atoms with E-state index in [9.17, 15) is 14.4 Å². The number of benzene rings is 2. The Morgan fingerprint density at radius 1 is 1.12 bits per heavy atom. The van der Waals surface area contributed by atoms with E-state index in [-0.39, 0.29) is 29.8 Å². The SMILES string of the molecule is C=CCN1C(=O)c2ccc(C(=O)OCc3ccc(C#N)cc3)cc2C1=O. The third kappa shape index (κ3) is 3.10. The van der Waals surface area contributed by atoms with Crippen molar-refractivity contribution in [2.45, 2.75) is 6.61 Å². The van der Waals surface area contributed by atoms with Gasteiger partial charge in [0.15, 0.2) is 0 Å². The zero-order valence-electron chi connectivity index (χ0n) is 13.8. The Labute approximate surface area is 149 Å². The fourth-order valence-corrected chi connectivity index (χ4v) is 2.62. The van der Waals surface area contributed by atoms with Crippen molar-refractivity contribution in [3.63, 3.8) is 0 Å². The number of carbonyl (C=O) groups excluding carboxylic acids is 3. The first-order valence-corrected chi connectivity index (χ1v) is 7.82. The van der Waals surface area contributed by atoms with E-state index in [1.807, 2.05) is 6.07 Å². The topological polar surface area (TPSA) is 87.5 Å². The first-order chi connectivity index (χ1) is 12.5. The van der Waals surface area contributed by atoms with E-state index in [4.69, 9.17) is 10.00 Å². The summed E-state index contributed by atoms with van der Waals surface area (Å²) in [4.78, 5) is 37.8. The summed E-state index contributed by atoms with van der Waals surface area (Å²) in [5.41, 5.74) is 1.90. The normalized spacial score (nSPS) is 12.5. The summed E-state index contributed by atoms with van der Waals surface area (Å²) < 4.78 is 5.24. The molecule has 2 aromatic rings. The van der Waals surface area contributed by atoms with Crippen molar-refractivity contribution < 1.29 is 19.1 Å². The predicted octanol–water partition coefficient (Wildman–Crippen LogP) is 2.70. The van der Waals surface area contributed by atoms with Gasteiger partial charge < -0.3 is 4.74 Å². The van der Waals surface area contributed by atoms with Crippen LogP contribution in [0.3, 0.4) is 0 Å². The molecule has 1 heterocycles.